The van der Waals surface area contributed by atoms with Crippen LogP contribution in [0.4, 0.5) is 5.69 Å². The van der Waals surface area contributed by atoms with E-state index in [-0.39, 0.29) is 17.6 Å². The van der Waals surface area contributed by atoms with E-state index < -0.39 is 6.04 Å². The summed E-state index contributed by atoms with van der Waals surface area (Å²) in [4.78, 5) is 24.3. The predicted molar refractivity (Wildman–Crippen MR) is 146 cm³/mol. The number of hydrogen-bond acceptors (Lipinski definition) is 5. The van der Waals surface area contributed by atoms with Crippen molar-refractivity contribution in [2.24, 2.45) is 12.0 Å². The number of anilines is 1. The van der Waals surface area contributed by atoms with E-state index in [1.54, 1.807) is 11.6 Å². The van der Waals surface area contributed by atoms with E-state index in [2.05, 4.69) is 10.3 Å². The highest BCUT2D eigenvalue weighted by atomic mass is 16.5. The highest BCUT2D eigenvalue weighted by Crippen LogP contribution is 2.32. The van der Waals surface area contributed by atoms with Gasteiger partial charge in [-0.1, -0.05) is 54.6 Å². The fourth-order valence-corrected chi connectivity index (χ4v) is 4.47. The van der Waals surface area contributed by atoms with Crippen molar-refractivity contribution < 1.29 is 4.74 Å². The maximum Gasteiger partial charge on any atom is 0.274 e. The van der Waals surface area contributed by atoms with Gasteiger partial charge in [0.15, 0.2) is 0 Å². The van der Waals surface area contributed by atoms with E-state index in [0.29, 0.717) is 29.3 Å². The number of aryl methyl sites for hydroxylation is 1. The fraction of sp³-hybridized carbons (Fsp3) is 0.241. The number of ether oxygens (including phenoxy) is 1. The molecule has 0 aliphatic heterocycles. The Bertz CT molecular complexity index is 1510. The van der Waals surface area contributed by atoms with Crippen LogP contribution in [0.15, 0.2) is 88.6 Å². The zero-order valence-corrected chi connectivity index (χ0v) is 21.4. The third-order valence-corrected chi connectivity index (χ3v) is 6.35. The summed E-state index contributed by atoms with van der Waals surface area (Å²) in [6.45, 7) is 6.32. The minimum atomic E-state index is -0.530. The molecule has 0 saturated heterocycles. The number of guanidine groups is 1. The first-order valence-electron chi connectivity index (χ1n) is 12.2. The molecule has 1 heterocycles. The van der Waals surface area contributed by atoms with Crippen LogP contribution >= 0.6 is 0 Å². The Labute approximate surface area is 216 Å². The molecular weight excluding hydrogens is 464 g/mol. The molecule has 0 amide bonds. The van der Waals surface area contributed by atoms with Crippen molar-refractivity contribution in [3.63, 3.8) is 0 Å². The third-order valence-electron chi connectivity index (χ3n) is 6.35. The van der Waals surface area contributed by atoms with Crippen LogP contribution in [0.1, 0.15) is 44.1 Å². The lowest BCUT2D eigenvalue weighted by Gasteiger charge is -2.37. The van der Waals surface area contributed by atoms with Crippen LogP contribution in [-0.4, -0.2) is 27.0 Å². The number of aliphatic imine (C=N–C) groups is 1. The molecular formula is C29H30N6O2. The van der Waals surface area contributed by atoms with Crippen molar-refractivity contribution in [3.05, 3.63) is 100 Å². The molecule has 3 aromatic carbocycles. The molecule has 8 nitrogen and oxygen atoms in total. The molecule has 0 bridgehead atoms. The van der Waals surface area contributed by atoms with Gasteiger partial charge >= 0.3 is 0 Å². The summed E-state index contributed by atoms with van der Waals surface area (Å²) >= 11 is 0. The molecule has 188 valence electrons. The Hall–Kier alpha value is -4.64. The number of aromatic nitrogens is 2. The van der Waals surface area contributed by atoms with Crippen LogP contribution in [-0.2, 0) is 7.05 Å². The second kappa shape index (κ2) is 11.4. The highest BCUT2D eigenvalue weighted by molar-refractivity contribution is 5.96. The third kappa shape index (κ3) is 5.31. The Balaban J connectivity index is 1.86. The van der Waals surface area contributed by atoms with E-state index in [1.807, 2.05) is 111 Å². The topological polar surface area (TPSA) is 95.5 Å². The Morgan fingerprint density at radius 2 is 1.73 bits per heavy atom. The number of para-hydroxylation sites is 4. The van der Waals surface area contributed by atoms with Gasteiger partial charge in [-0.15, -0.1) is 4.99 Å². The highest BCUT2D eigenvalue weighted by Gasteiger charge is 2.30. The van der Waals surface area contributed by atoms with Crippen molar-refractivity contribution >= 4 is 22.7 Å². The SMILES string of the molecule is CCOc1ccccc1N/C(=N\C#N)N(C(C)c1ccccc1)C(C)c1nc2ccccc2n(C)c1=O. The van der Waals surface area contributed by atoms with E-state index >= 15 is 0 Å². The molecule has 1 N–H and O–H groups in total. The maximum atomic E-state index is 13.5. The number of fused-ring (bicyclic) bond motifs is 1. The van der Waals surface area contributed by atoms with Crippen molar-refractivity contribution in [2.75, 3.05) is 11.9 Å². The Morgan fingerprint density at radius 1 is 1.05 bits per heavy atom. The molecule has 2 unspecified atom stereocenters. The summed E-state index contributed by atoms with van der Waals surface area (Å²) in [7, 11) is 1.74. The van der Waals surface area contributed by atoms with Gasteiger partial charge < -0.3 is 19.5 Å². The van der Waals surface area contributed by atoms with Gasteiger partial charge in [0.1, 0.15) is 11.4 Å². The zero-order valence-electron chi connectivity index (χ0n) is 21.4. The van der Waals surface area contributed by atoms with E-state index in [4.69, 9.17) is 9.72 Å². The van der Waals surface area contributed by atoms with Gasteiger partial charge in [-0.05, 0) is 50.6 Å². The fourth-order valence-electron chi connectivity index (χ4n) is 4.47. The van der Waals surface area contributed by atoms with Crippen LogP contribution < -0.4 is 15.6 Å². The lowest BCUT2D eigenvalue weighted by Crippen LogP contribution is -2.42. The molecule has 2 atom stereocenters. The van der Waals surface area contributed by atoms with Crippen LogP contribution in [0.5, 0.6) is 5.75 Å². The molecule has 0 aliphatic rings. The summed E-state index contributed by atoms with van der Waals surface area (Å²) in [5.74, 6) is 0.922. The van der Waals surface area contributed by atoms with Crippen LogP contribution in [0.25, 0.3) is 11.0 Å². The lowest BCUT2D eigenvalue weighted by atomic mass is 10.0. The number of nitrogens with zero attached hydrogens (tertiary/aromatic N) is 5. The summed E-state index contributed by atoms with van der Waals surface area (Å²) in [6, 6.07) is 24.1. The molecule has 8 heteroatoms. The normalized spacial score (nSPS) is 13.0. The molecule has 0 spiro atoms. The number of benzene rings is 3. The minimum absolute atomic E-state index is 0.206. The molecule has 0 fully saturated rings. The Morgan fingerprint density at radius 3 is 2.46 bits per heavy atom. The van der Waals surface area contributed by atoms with Gasteiger partial charge in [-0.25, -0.2) is 4.98 Å². The molecule has 0 radical (unpaired) electrons. The summed E-state index contributed by atoms with van der Waals surface area (Å²) < 4.78 is 7.39. The first-order valence-corrected chi connectivity index (χ1v) is 12.2. The van der Waals surface area contributed by atoms with E-state index in [9.17, 15) is 10.1 Å². The molecule has 37 heavy (non-hydrogen) atoms. The van der Waals surface area contributed by atoms with Crippen molar-refractivity contribution in [3.8, 4) is 11.9 Å². The number of nitrogens with one attached hydrogen (secondary N) is 1. The van der Waals surface area contributed by atoms with Crippen LogP contribution in [0.2, 0.25) is 0 Å². The molecule has 4 rings (SSSR count). The largest absolute Gasteiger partial charge is 0.492 e. The average Bonchev–Trinajstić information content (AvgIpc) is 2.92. The van der Waals surface area contributed by atoms with Gasteiger partial charge in [0, 0.05) is 7.05 Å². The summed E-state index contributed by atoms with van der Waals surface area (Å²) in [6.07, 6.45) is 1.93. The number of nitriles is 1. The average molecular weight is 495 g/mol. The molecule has 0 saturated carbocycles. The van der Waals surface area contributed by atoms with Gasteiger partial charge in [0.05, 0.1) is 35.4 Å². The van der Waals surface area contributed by atoms with Gasteiger partial charge in [-0.3, -0.25) is 4.79 Å². The van der Waals surface area contributed by atoms with Crippen molar-refractivity contribution in [2.45, 2.75) is 32.9 Å². The smallest absolute Gasteiger partial charge is 0.274 e. The number of rotatable bonds is 7. The van der Waals surface area contributed by atoms with Gasteiger partial charge in [0.2, 0.25) is 12.2 Å². The molecule has 4 aromatic rings. The van der Waals surface area contributed by atoms with Crippen molar-refractivity contribution in [1.82, 2.24) is 14.5 Å². The maximum absolute atomic E-state index is 13.5. The summed E-state index contributed by atoms with van der Waals surface area (Å²) in [5, 5.41) is 13.0. The summed E-state index contributed by atoms with van der Waals surface area (Å²) in [5.41, 5.74) is 3.28. The van der Waals surface area contributed by atoms with Crippen LogP contribution in [0, 0.1) is 11.5 Å². The zero-order chi connectivity index (χ0) is 26.4. The quantitative estimate of drug-likeness (QED) is 0.210. The van der Waals surface area contributed by atoms with E-state index in [0.717, 1.165) is 11.1 Å². The first kappa shape index (κ1) is 25.5. The predicted octanol–water partition coefficient (Wildman–Crippen LogP) is 5.41. The van der Waals surface area contributed by atoms with Crippen LogP contribution in [0.3, 0.4) is 0 Å². The van der Waals surface area contributed by atoms with Gasteiger partial charge in [0.25, 0.3) is 5.56 Å². The second-order valence-electron chi connectivity index (χ2n) is 8.61. The lowest BCUT2D eigenvalue weighted by molar-refractivity contribution is 0.261. The number of hydrogen-bond donors (Lipinski definition) is 1. The first-order chi connectivity index (χ1) is 18.0. The minimum Gasteiger partial charge on any atom is -0.492 e. The van der Waals surface area contributed by atoms with E-state index in [1.165, 1.54) is 0 Å². The molecule has 0 aliphatic carbocycles. The van der Waals surface area contributed by atoms with Gasteiger partial charge in [-0.2, -0.15) is 5.26 Å². The van der Waals surface area contributed by atoms with Crippen molar-refractivity contribution in [1.29, 1.82) is 5.26 Å². The molecule has 1 aromatic heterocycles. The standard InChI is InChI=1S/C29H30N6O2/c1-5-37-26-18-12-10-16-24(26)33-29(31-19-30)35(20(2)22-13-7-6-8-14-22)21(3)27-28(36)34(4)25-17-11-9-15-23(25)32-27/h6-18,20-21H,5H2,1-4H3,(H,31,33). The second-order valence-corrected chi connectivity index (χ2v) is 8.61. The Kier molecular flexibility index (Phi) is 7.84. The monoisotopic (exact) mass is 494 g/mol.